The Morgan fingerprint density at radius 3 is 2.35 bits per heavy atom. The van der Waals surface area contributed by atoms with E-state index in [4.69, 9.17) is 5.73 Å². The van der Waals surface area contributed by atoms with Crippen LogP contribution in [-0.2, 0) is 16.6 Å². The molecule has 0 fully saturated rings. The van der Waals surface area contributed by atoms with E-state index in [0.717, 1.165) is 23.5 Å². The number of thiophene rings is 1. The molecule has 0 amide bonds. The second-order valence-electron chi connectivity index (χ2n) is 3.77. The maximum Gasteiger partial charge on any atom is 0.271 e. The summed E-state index contributed by atoms with van der Waals surface area (Å²) >= 11 is 3.86. The van der Waals surface area contributed by atoms with Crippen LogP contribution in [0.4, 0.5) is 14.5 Å². The van der Waals surface area contributed by atoms with Crippen molar-refractivity contribution in [3.8, 4) is 0 Å². The summed E-state index contributed by atoms with van der Waals surface area (Å²) < 4.78 is 53.3. The molecular weight excluding hydrogens is 374 g/mol. The van der Waals surface area contributed by atoms with Crippen molar-refractivity contribution in [2.24, 2.45) is 5.73 Å². The standard InChI is InChI=1S/C11H9BrF2N2O2S2/c12-6-3-8(13)11(9(14)4-6)16-20(17,18)10-2-1-7(5-15)19-10/h1-4,16H,5,15H2. The molecule has 0 atom stereocenters. The lowest BCUT2D eigenvalue weighted by Gasteiger charge is -2.08. The second-order valence-corrected chi connectivity index (χ2v) is 7.77. The SMILES string of the molecule is NCc1ccc(S(=O)(=O)Nc2c(F)cc(Br)cc2F)s1. The Balaban J connectivity index is 2.38. The van der Waals surface area contributed by atoms with Gasteiger partial charge in [0.15, 0.2) is 11.6 Å². The lowest BCUT2D eigenvalue weighted by atomic mass is 10.3. The highest BCUT2D eigenvalue weighted by atomic mass is 79.9. The van der Waals surface area contributed by atoms with E-state index < -0.39 is 27.3 Å². The van der Waals surface area contributed by atoms with Gasteiger partial charge in [0, 0.05) is 15.9 Å². The topological polar surface area (TPSA) is 72.2 Å². The van der Waals surface area contributed by atoms with E-state index >= 15 is 0 Å². The van der Waals surface area contributed by atoms with Crippen LogP contribution < -0.4 is 10.5 Å². The summed E-state index contributed by atoms with van der Waals surface area (Å²) in [6, 6.07) is 4.83. The number of nitrogens with two attached hydrogens (primary N) is 1. The summed E-state index contributed by atoms with van der Waals surface area (Å²) in [5, 5.41) is 0. The van der Waals surface area contributed by atoms with Crippen molar-refractivity contribution in [3.63, 3.8) is 0 Å². The predicted octanol–water partition coefficient (Wildman–Crippen LogP) is 3.05. The van der Waals surface area contributed by atoms with Crippen LogP contribution in [0.15, 0.2) is 32.9 Å². The number of hydrogen-bond acceptors (Lipinski definition) is 4. The molecule has 0 bridgehead atoms. The van der Waals surface area contributed by atoms with Crippen molar-refractivity contribution in [1.82, 2.24) is 0 Å². The lowest BCUT2D eigenvalue weighted by molar-refractivity contribution is 0.582. The highest BCUT2D eigenvalue weighted by Gasteiger charge is 2.21. The van der Waals surface area contributed by atoms with E-state index in [9.17, 15) is 17.2 Å². The fraction of sp³-hybridized carbons (Fsp3) is 0.0909. The zero-order chi connectivity index (χ0) is 14.9. The Morgan fingerprint density at radius 1 is 1.25 bits per heavy atom. The van der Waals surface area contributed by atoms with Crippen molar-refractivity contribution < 1.29 is 17.2 Å². The number of benzene rings is 1. The highest BCUT2D eigenvalue weighted by Crippen LogP contribution is 2.28. The summed E-state index contributed by atoms with van der Waals surface area (Å²) in [4.78, 5) is 0.655. The van der Waals surface area contributed by atoms with Crippen molar-refractivity contribution in [2.75, 3.05) is 4.72 Å². The molecule has 0 unspecified atom stereocenters. The summed E-state index contributed by atoms with van der Waals surface area (Å²) in [6.07, 6.45) is 0. The van der Waals surface area contributed by atoms with Gasteiger partial charge in [-0.05, 0) is 24.3 Å². The van der Waals surface area contributed by atoms with Crippen molar-refractivity contribution in [1.29, 1.82) is 0 Å². The highest BCUT2D eigenvalue weighted by molar-refractivity contribution is 9.10. The van der Waals surface area contributed by atoms with Gasteiger partial charge < -0.3 is 5.73 Å². The second kappa shape index (κ2) is 5.76. The molecule has 4 nitrogen and oxygen atoms in total. The summed E-state index contributed by atoms with van der Waals surface area (Å²) in [6.45, 7) is 0.196. The summed E-state index contributed by atoms with van der Waals surface area (Å²) in [7, 11) is -4.04. The van der Waals surface area contributed by atoms with Gasteiger partial charge in [0.2, 0.25) is 0 Å². The molecule has 2 rings (SSSR count). The van der Waals surface area contributed by atoms with E-state index in [0.29, 0.717) is 4.88 Å². The smallest absolute Gasteiger partial charge is 0.271 e. The quantitative estimate of drug-likeness (QED) is 0.853. The third-order valence-corrected chi connectivity index (χ3v) is 5.75. The average Bonchev–Trinajstić information content (AvgIpc) is 2.83. The molecule has 20 heavy (non-hydrogen) atoms. The number of rotatable bonds is 4. The minimum Gasteiger partial charge on any atom is -0.326 e. The first-order valence-electron chi connectivity index (χ1n) is 5.29. The molecular formula is C11H9BrF2N2O2S2. The van der Waals surface area contributed by atoms with Crippen LogP contribution in [0.3, 0.4) is 0 Å². The number of halogens is 3. The number of sulfonamides is 1. The normalized spacial score (nSPS) is 11.6. The van der Waals surface area contributed by atoms with Crippen LogP contribution in [0.5, 0.6) is 0 Å². The van der Waals surface area contributed by atoms with E-state index in [1.165, 1.54) is 6.07 Å². The predicted molar refractivity (Wildman–Crippen MR) is 77.1 cm³/mol. The van der Waals surface area contributed by atoms with Crippen LogP contribution in [-0.4, -0.2) is 8.42 Å². The van der Waals surface area contributed by atoms with Crippen molar-refractivity contribution in [2.45, 2.75) is 10.8 Å². The molecule has 0 radical (unpaired) electrons. The van der Waals surface area contributed by atoms with E-state index in [2.05, 4.69) is 15.9 Å². The van der Waals surface area contributed by atoms with Gasteiger partial charge in [0.25, 0.3) is 10.0 Å². The molecule has 3 N–H and O–H groups in total. The molecule has 0 aliphatic heterocycles. The fourth-order valence-electron chi connectivity index (χ4n) is 1.44. The zero-order valence-corrected chi connectivity index (χ0v) is 13.1. The third kappa shape index (κ3) is 3.17. The van der Waals surface area contributed by atoms with Crippen LogP contribution in [0.1, 0.15) is 4.88 Å². The van der Waals surface area contributed by atoms with Crippen molar-refractivity contribution >= 4 is 43.0 Å². The molecule has 0 saturated heterocycles. The van der Waals surface area contributed by atoms with Crippen LogP contribution in [0.25, 0.3) is 0 Å². The summed E-state index contributed by atoms with van der Waals surface area (Å²) in [5.74, 6) is -2.01. The molecule has 0 aliphatic rings. The van der Waals surface area contributed by atoms with Gasteiger partial charge in [-0.3, -0.25) is 4.72 Å². The number of hydrogen-bond donors (Lipinski definition) is 2. The molecule has 1 aromatic heterocycles. The van der Waals surface area contributed by atoms with E-state index in [1.54, 1.807) is 6.07 Å². The molecule has 108 valence electrons. The first-order chi connectivity index (χ1) is 9.33. The fourth-order valence-corrected chi connectivity index (χ4v) is 4.15. The van der Waals surface area contributed by atoms with E-state index in [-0.39, 0.29) is 15.2 Å². The van der Waals surface area contributed by atoms with Gasteiger partial charge in [-0.15, -0.1) is 11.3 Å². The zero-order valence-electron chi connectivity index (χ0n) is 9.86. The maximum absolute atomic E-state index is 13.6. The summed E-state index contributed by atoms with van der Waals surface area (Å²) in [5.41, 5.74) is 4.68. The first kappa shape index (κ1) is 15.4. The Labute approximate surface area is 126 Å². The number of anilines is 1. The van der Waals surface area contributed by atoms with Crippen molar-refractivity contribution in [3.05, 3.63) is 45.2 Å². The lowest BCUT2D eigenvalue weighted by Crippen LogP contribution is -2.14. The molecule has 0 saturated carbocycles. The molecule has 0 spiro atoms. The maximum atomic E-state index is 13.6. The Morgan fingerprint density at radius 2 is 1.85 bits per heavy atom. The Kier molecular flexibility index (Phi) is 4.43. The molecule has 2 aromatic rings. The molecule has 1 heterocycles. The van der Waals surface area contributed by atoms with Gasteiger partial charge in [0.1, 0.15) is 9.90 Å². The molecule has 9 heteroatoms. The van der Waals surface area contributed by atoms with E-state index in [1.807, 2.05) is 4.72 Å². The average molecular weight is 383 g/mol. The molecule has 1 aromatic carbocycles. The van der Waals surface area contributed by atoms with Gasteiger partial charge in [-0.2, -0.15) is 0 Å². The Bertz CT molecular complexity index is 724. The third-order valence-electron chi connectivity index (χ3n) is 2.35. The van der Waals surface area contributed by atoms with Crippen LogP contribution >= 0.6 is 27.3 Å². The van der Waals surface area contributed by atoms with Gasteiger partial charge in [0.05, 0.1) is 0 Å². The van der Waals surface area contributed by atoms with Crippen LogP contribution in [0.2, 0.25) is 0 Å². The minimum atomic E-state index is -4.04. The van der Waals surface area contributed by atoms with Gasteiger partial charge in [-0.25, -0.2) is 17.2 Å². The number of nitrogens with one attached hydrogen (secondary N) is 1. The first-order valence-corrected chi connectivity index (χ1v) is 8.39. The van der Waals surface area contributed by atoms with Crippen LogP contribution in [0, 0.1) is 11.6 Å². The molecule has 0 aliphatic carbocycles. The largest absolute Gasteiger partial charge is 0.326 e. The van der Waals surface area contributed by atoms with Gasteiger partial charge >= 0.3 is 0 Å². The monoisotopic (exact) mass is 382 g/mol. The minimum absolute atomic E-state index is 0.0559. The Hall–Kier alpha value is -1.03. The van der Waals surface area contributed by atoms with Gasteiger partial charge in [-0.1, -0.05) is 15.9 Å².